The predicted octanol–water partition coefficient (Wildman–Crippen LogP) is 4.57. The van der Waals surface area contributed by atoms with E-state index < -0.39 is 18.3 Å². The summed E-state index contributed by atoms with van der Waals surface area (Å²) in [5, 5.41) is 0. The van der Waals surface area contributed by atoms with E-state index >= 15 is 0 Å². The van der Waals surface area contributed by atoms with Crippen LogP contribution in [-0.2, 0) is 9.31 Å². The third kappa shape index (κ3) is 4.17. The summed E-state index contributed by atoms with van der Waals surface area (Å²) in [6.07, 6.45) is 1.74. The van der Waals surface area contributed by atoms with Gasteiger partial charge in [0.2, 0.25) is 0 Å². The fourth-order valence-corrected chi connectivity index (χ4v) is 3.62. The van der Waals surface area contributed by atoms with Crippen LogP contribution in [0.5, 0.6) is 0 Å². The molecule has 1 aliphatic heterocycles. The van der Waals surface area contributed by atoms with Crippen LogP contribution < -0.4 is 5.46 Å². The maximum absolute atomic E-state index is 6.22. The molecule has 2 aromatic carbocycles. The molecule has 0 spiro atoms. The van der Waals surface area contributed by atoms with Gasteiger partial charge >= 0.3 is 7.12 Å². The maximum Gasteiger partial charge on any atom is 0.494 e. The van der Waals surface area contributed by atoms with Crippen LogP contribution in [0.3, 0.4) is 0 Å². The third-order valence-electron chi connectivity index (χ3n) is 6.24. The first-order valence-corrected chi connectivity index (χ1v) is 11.0. The molecule has 0 amide bonds. The Morgan fingerprint density at radius 3 is 1.64 bits per heavy atom. The van der Waals surface area contributed by atoms with Crippen LogP contribution in [0.25, 0.3) is 34.3 Å². The summed E-state index contributed by atoms with van der Waals surface area (Å²) in [5.41, 5.74) is 2.51. The van der Waals surface area contributed by atoms with Crippen molar-refractivity contribution in [1.29, 1.82) is 0 Å². The monoisotopic (exact) mass is 436 g/mol. The van der Waals surface area contributed by atoms with E-state index in [-0.39, 0.29) is 0 Å². The average molecular weight is 436 g/mol. The number of hydrogen-bond donors (Lipinski definition) is 0. The Morgan fingerprint density at radius 2 is 1.12 bits per heavy atom. The first-order chi connectivity index (χ1) is 15.8. The Morgan fingerprint density at radius 1 is 0.636 bits per heavy atom. The van der Waals surface area contributed by atoms with Crippen molar-refractivity contribution in [2.45, 2.75) is 38.9 Å². The average Bonchev–Trinajstić information content (AvgIpc) is 3.07. The van der Waals surface area contributed by atoms with Crippen molar-refractivity contribution in [3.05, 3.63) is 79.0 Å². The van der Waals surface area contributed by atoms with Gasteiger partial charge in [0.1, 0.15) is 5.69 Å². The topological polar surface area (TPSA) is 70.0 Å². The molecule has 0 saturated carbocycles. The van der Waals surface area contributed by atoms with Crippen LogP contribution in [0.2, 0.25) is 0 Å². The molecular weight excluding hydrogens is 411 g/mol. The molecule has 1 saturated heterocycles. The molecule has 1 aliphatic rings. The molecule has 1 fully saturated rings. The largest absolute Gasteiger partial charge is 0.494 e. The number of hydrogen-bond acceptors (Lipinski definition) is 6. The van der Waals surface area contributed by atoms with Crippen molar-refractivity contribution in [3.63, 3.8) is 0 Å². The van der Waals surface area contributed by atoms with E-state index in [0.717, 1.165) is 16.6 Å². The Hall–Kier alpha value is -3.42. The van der Waals surface area contributed by atoms with Gasteiger partial charge in [0, 0.05) is 17.3 Å². The highest BCUT2D eigenvalue weighted by Gasteiger charge is 2.51. The highest BCUT2D eigenvalue weighted by molar-refractivity contribution is 6.62. The third-order valence-corrected chi connectivity index (χ3v) is 6.24. The van der Waals surface area contributed by atoms with Crippen molar-refractivity contribution in [3.8, 4) is 34.3 Å². The van der Waals surface area contributed by atoms with Crippen LogP contribution >= 0.6 is 0 Å². The number of rotatable bonds is 4. The Labute approximate surface area is 194 Å². The highest BCUT2D eigenvalue weighted by Crippen LogP contribution is 2.36. The van der Waals surface area contributed by atoms with Gasteiger partial charge in [-0.3, -0.25) is 4.98 Å². The quantitative estimate of drug-likeness (QED) is 0.437. The van der Waals surface area contributed by atoms with E-state index in [4.69, 9.17) is 24.3 Å². The molecule has 0 atom stereocenters. The minimum Gasteiger partial charge on any atom is -0.399 e. The Bertz CT molecular complexity index is 1210. The van der Waals surface area contributed by atoms with E-state index in [1.54, 1.807) is 6.20 Å². The van der Waals surface area contributed by atoms with Crippen molar-refractivity contribution in [2.75, 3.05) is 0 Å². The molecule has 4 aromatic rings. The highest BCUT2D eigenvalue weighted by atomic mass is 16.7. The Balaban J connectivity index is 1.59. The lowest BCUT2D eigenvalue weighted by Gasteiger charge is -2.32. The van der Waals surface area contributed by atoms with Crippen molar-refractivity contribution in [2.24, 2.45) is 0 Å². The van der Waals surface area contributed by atoms with Gasteiger partial charge < -0.3 is 9.31 Å². The van der Waals surface area contributed by atoms with Crippen LogP contribution in [-0.4, -0.2) is 38.3 Å². The molecule has 33 heavy (non-hydrogen) atoms. The molecule has 0 radical (unpaired) electrons. The lowest BCUT2D eigenvalue weighted by Crippen LogP contribution is -2.41. The van der Waals surface area contributed by atoms with Crippen LogP contribution in [0, 0.1) is 0 Å². The van der Waals surface area contributed by atoms with Crippen LogP contribution in [0.4, 0.5) is 0 Å². The van der Waals surface area contributed by atoms with Crippen molar-refractivity contribution < 1.29 is 9.31 Å². The molecule has 6 nitrogen and oxygen atoms in total. The van der Waals surface area contributed by atoms with Crippen LogP contribution in [0.1, 0.15) is 27.7 Å². The molecule has 164 valence electrons. The van der Waals surface area contributed by atoms with E-state index in [1.165, 1.54) is 0 Å². The zero-order chi connectivity index (χ0) is 23.1. The minimum absolute atomic E-state index is 0.421. The minimum atomic E-state index is -0.485. The standard InChI is InChI=1S/C26H25BN4O2/c1-25(2)26(3,4)33-27(32-25)20-15-16-28-21(17-20)24-30-22(18-11-7-5-8-12-18)29-23(31-24)19-13-9-6-10-14-19/h5-17H,1-4H3. The normalized spacial score (nSPS) is 16.7. The summed E-state index contributed by atoms with van der Waals surface area (Å²) in [7, 11) is -0.485. The van der Waals surface area contributed by atoms with Gasteiger partial charge in [0.05, 0.1) is 11.2 Å². The van der Waals surface area contributed by atoms with Gasteiger partial charge in [-0.05, 0) is 45.3 Å². The first-order valence-electron chi connectivity index (χ1n) is 11.0. The lowest BCUT2D eigenvalue weighted by atomic mass is 9.79. The van der Waals surface area contributed by atoms with E-state index in [9.17, 15) is 0 Å². The van der Waals surface area contributed by atoms with Gasteiger partial charge in [0.25, 0.3) is 0 Å². The number of nitrogens with zero attached hydrogens (tertiary/aromatic N) is 4. The Kier molecular flexibility index (Phi) is 5.31. The SMILES string of the molecule is CC1(C)OB(c2ccnc(-c3nc(-c4ccccc4)nc(-c4ccccc4)n3)c2)OC1(C)C. The molecule has 0 N–H and O–H groups in total. The zero-order valence-corrected chi connectivity index (χ0v) is 19.2. The summed E-state index contributed by atoms with van der Waals surface area (Å²) in [6.45, 7) is 8.16. The van der Waals surface area contributed by atoms with Gasteiger partial charge in [-0.2, -0.15) is 0 Å². The molecule has 5 rings (SSSR count). The number of pyridine rings is 1. The van der Waals surface area contributed by atoms with Gasteiger partial charge in [0.15, 0.2) is 17.5 Å². The predicted molar refractivity (Wildman–Crippen MR) is 130 cm³/mol. The fraction of sp³-hybridized carbons (Fsp3) is 0.231. The lowest BCUT2D eigenvalue weighted by molar-refractivity contribution is 0.00578. The van der Waals surface area contributed by atoms with Gasteiger partial charge in [-0.1, -0.05) is 60.7 Å². The maximum atomic E-state index is 6.22. The summed E-state index contributed by atoms with van der Waals surface area (Å²) in [4.78, 5) is 18.8. The first kappa shape index (κ1) is 21.4. The summed E-state index contributed by atoms with van der Waals surface area (Å²) in [6, 6.07) is 23.6. The summed E-state index contributed by atoms with van der Waals surface area (Å²) >= 11 is 0. The van der Waals surface area contributed by atoms with E-state index in [1.807, 2.05) is 100 Å². The molecule has 0 unspecified atom stereocenters. The van der Waals surface area contributed by atoms with E-state index in [2.05, 4.69) is 4.98 Å². The fourth-order valence-electron chi connectivity index (χ4n) is 3.62. The van der Waals surface area contributed by atoms with Crippen molar-refractivity contribution >= 4 is 12.6 Å². The zero-order valence-electron chi connectivity index (χ0n) is 19.2. The molecule has 0 aliphatic carbocycles. The second kappa shape index (κ2) is 8.17. The van der Waals surface area contributed by atoms with Crippen LogP contribution in [0.15, 0.2) is 79.0 Å². The molecule has 0 bridgehead atoms. The molecule has 7 heteroatoms. The number of aromatic nitrogens is 4. The van der Waals surface area contributed by atoms with Crippen molar-refractivity contribution in [1.82, 2.24) is 19.9 Å². The molecular formula is C26H25BN4O2. The molecule has 3 heterocycles. The number of benzene rings is 2. The summed E-state index contributed by atoms with van der Waals surface area (Å²) < 4.78 is 12.4. The second-order valence-corrected chi connectivity index (χ2v) is 9.10. The molecule has 2 aromatic heterocycles. The smallest absolute Gasteiger partial charge is 0.399 e. The van der Waals surface area contributed by atoms with E-state index in [0.29, 0.717) is 23.2 Å². The van der Waals surface area contributed by atoms with Gasteiger partial charge in [-0.15, -0.1) is 0 Å². The second-order valence-electron chi connectivity index (χ2n) is 9.10. The summed E-state index contributed by atoms with van der Waals surface area (Å²) in [5.74, 6) is 1.70. The van der Waals surface area contributed by atoms with Gasteiger partial charge in [-0.25, -0.2) is 15.0 Å².